The van der Waals surface area contributed by atoms with E-state index in [1.165, 1.54) is 10.9 Å². The zero-order valence-corrected chi connectivity index (χ0v) is 8.27. The van der Waals surface area contributed by atoms with Crippen molar-refractivity contribution in [2.75, 3.05) is 0 Å². The minimum atomic E-state index is 0.657. The van der Waals surface area contributed by atoms with Crippen LogP contribution >= 0.6 is 12.6 Å². The summed E-state index contributed by atoms with van der Waals surface area (Å²) in [6, 6.07) is 10.2. The second kappa shape index (κ2) is 3.38. The molecule has 1 heterocycles. The van der Waals surface area contributed by atoms with E-state index < -0.39 is 0 Å². The van der Waals surface area contributed by atoms with Gasteiger partial charge in [-0.2, -0.15) is 0 Å². The molecule has 0 amide bonds. The standard InChI is InChI=1S/C11H10NS/c1-8-6-9(7-13)10-4-2-3-5-11(10)12-8/h2-6H,7H2,1H3. The first kappa shape index (κ1) is 8.57. The van der Waals surface area contributed by atoms with Crippen molar-refractivity contribution in [3.05, 3.63) is 41.6 Å². The molecule has 0 saturated heterocycles. The minimum absolute atomic E-state index is 0.657. The maximum Gasteiger partial charge on any atom is 0.0708 e. The van der Waals surface area contributed by atoms with Crippen LogP contribution in [-0.2, 0) is 5.75 Å². The van der Waals surface area contributed by atoms with Crippen molar-refractivity contribution in [2.24, 2.45) is 0 Å². The summed E-state index contributed by atoms with van der Waals surface area (Å²) < 4.78 is 0. The third-order valence-electron chi connectivity index (χ3n) is 2.09. The molecule has 1 radical (unpaired) electrons. The predicted molar refractivity (Wildman–Crippen MR) is 57.8 cm³/mol. The highest BCUT2D eigenvalue weighted by Gasteiger charge is 2.00. The van der Waals surface area contributed by atoms with Gasteiger partial charge in [0.1, 0.15) is 0 Å². The number of hydrogen-bond donors (Lipinski definition) is 0. The Morgan fingerprint density at radius 1 is 1.31 bits per heavy atom. The normalized spacial score (nSPS) is 10.6. The molecule has 0 aliphatic carbocycles. The molecule has 2 rings (SSSR count). The Bertz CT molecular complexity index is 437. The Morgan fingerprint density at radius 2 is 2.08 bits per heavy atom. The number of rotatable bonds is 1. The summed E-state index contributed by atoms with van der Waals surface area (Å²) in [5.41, 5.74) is 3.29. The van der Waals surface area contributed by atoms with Gasteiger partial charge in [0.05, 0.1) is 5.52 Å². The highest BCUT2D eigenvalue weighted by Crippen LogP contribution is 2.19. The van der Waals surface area contributed by atoms with E-state index in [9.17, 15) is 0 Å². The number of benzene rings is 1. The topological polar surface area (TPSA) is 12.9 Å². The number of aryl methyl sites for hydroxylation is 1. The van der Waals surface area contributed by atoms with Gasteiger partial charge in [-0.05, 0) is 24.6 Å². The molecule has 0 unspecified atom stereocenters. The van der Waals surface area contributed by atoms with E-state index in [4.69, 9.17) is 12.6 Å². The first-order valence-corrected chi connectivity index (χ1v) is 4.82. The molecule has 2 aromatic rings. The fourth-order valence-electron chi connectivity index (χ4n) is 1.51. The van der Waals surface area contributed by atoms with Crippen molar-refractivity contribution in [2.45, 2.75) is 12.7 Å². The third kappa shape index (κ3) is 1.54. The van der Waals surface area contributed by atoms with E-state index in [1.54, 1.807) is 0 Å². The van der Waals surface area contributed by atoms with Gasteiger partial charge >= 0.3 is 0 Å². The van der Waals surface area contributed by atoms with Gasteiger partial charge in [-0.3, -0.25) is 4.98 Å². The number of nitrogens with zero attached hydrogens (tertiary/aromatic N) is 1. The van der Waals surface area contributed by atoms with E-state index in [1.807, 2.05) is 25.1 Å². The van der Waals surface area contributed by atoms with Gasteiger partial charge in [0.2, 0.25) is 0 Å². The summed E-state index contributed by atoms with van der Waals surface area (Å²) in [5.74, 6) is 0.657. The van der Waals surface area contributed by atoms with Crippen molar-refractivity contribution in [3.63, 3.8) is 0 Å². The van der Waals surface area contributed by atoms with Gasteiger partial charge in [-0.25, -0.2) is 0 Å². The number of fused-ring (bicyclic) bond motifs is 1. The van der Waals surface area contributed by atoms with Crippen LogP contribution in [0, 0.1) is 6.92 Å². The lowest BCUT2D eigenvalue weighted by molar-refractivity contribution is 1.23. The average Bonchev–Trinajstić information content (AvgIpc) is 2.16. The lowest BCUT2D eigenvalue weighted by Crippen LogP contribution is -1.88. The quantitative estimate of drug-likeness (QED) is 0.669. The van der Waals surface area contributed by atoms with Gasteiger partial charge in [0.15, 0.2) is 0 Å². The molecule has 0 spiro atoms. The molecule has 0 aliphatic heterocycles. The summed E-state index contributed by atoms with van der Waals surface area (Å²) in [6.07, 6.45) is 0. The SMILES string of the molecule is Cc1cc(C[S])c2ccccc2n1. The molecule has 13 heavy (non-hydrogen) atoms. The van der Waals surface area contributed by atoms with E-state index in [-0.39, 0.29) is 0 Å². The maximum absolute atomic E-state index is 5.08. The Labute approximate surface area is 83.2 Å². The van der Waals surface area contributed by atoms with E-state index in [2.05, 4.69) is 17.1 Å². The smallest absolute Gasteiger partial charge is 0.0708 e. The Kier molecular flexibility index (Phi) is 2.23. The molecular weight excluding hydrogens is 178 g/mol. The first-order valence-electron chi connectivity index (χ1n) is 4.24. The van der Waals surface area contributed by atoms with Crippen molar-refractivity contribution in [3.8, 4) is 0 Å². The lowest BCUT2D eigenvalue weighted by atomic mass is 10.1. The second-order valence-electron chi connectivity index (χ2n) is 3.08. The van der Waals surface area contributed by atoms with Crippen LogP contribution in [0.25, 0.3) is 10.9 Å². The minimum Gasteiger partial charge on any atom is -0.253 e. The molecule has 0 bridgehead atoms. The first-order chi connectivity index (χ1) is 6.31. The van der Waals surface area contributed by atoms with Gasteiger partial charge in [0.25, 0.3) is 0 Å². The van der Waals surface area contributed by atoms with Crippen molar-refractivity contribution < 1.29 is 0 Å². The number of hydrogen-bond acceptors (Lipinski definition) is 1. The summed E-state index contributed by atoms with van der Waals surface area (Å²) in [7, 11) is 0. The van der Waals surface area contributed by atoms with Gasteiger partial charge in [-0.15, -0.1) is 0 Å². The molecular formula is C11H10NS. The van der Waals surface area contributed by atoms with Crippen molar-refractivity contribution in [1.82, 2.24) is 4.98 Å². The summed E-state index contributed by atoms with van der Waals surface area (Å²) in [4.78, 5) is 4.44. The van der Waals surface area contributed by atoms with Crippen molar-refractivity contribution >= 4 is 23.5 Å². The van der Waals surface area contributed by atoms with Crippen LogP contribution in [0.15, 0.2) is 30.3 Å². The number of para-hydroxylation sites is 1. The van der Waals surface area contributed by atoms with Gasteiger partial charge < -0.3 is 0 Å². The predicted octanol–water partition coefficient (Wildman–Crippen LogP) is 3.24. The summed E-state index contributed by atoms with van der Waals surface area (Å²) in [6.45, 7) is 2.00. The monoisotopic (exact) mass is 188 g/mol. The molecule has 1 nitrogen and oxygen atoms in total. The molecule has 0 atom stereocenters. The highest BCUT2D eigenvalue weighted by molar-refractivity contribution is 7.79. The van der Waals surface area contributed by atoms with Crippen LogP contribution in [0.5, 0.6) is 0 Å². The number of aromatic nitrogens is 1. The van der Waals surface area contributed by atoms with Crippen molar-refractivity contribution in [1.29, 1.82) is 0 Å². The molecule has 2 heteroatoms. The third-order valence-corrected chi connectivity index (χ3v) is 2.40. The average molecular weight is 188 g/mol. The molecule has 0 aliphatic rings. The summed E-state index contributed by atoms with van der Waals surface area (Å²) in [5, 5.41) is 1.18. The zero-order valence-electron chi connectivity index (χ0n) is 7.45. The zero-order chi connectivity index (χ0) is 9.26. The van der Waals surface area contributed by atoms with E-state index in [0.29, 0.717) is 5.75 Å². The molecule has 1 aromatic heterocycles. The number of pyridine rings is 1. The van der Waals surface area contributed by atoms with Crippen LogP contribution in [-0.4, -0.2) is 4.98 Å². The van der Waals surface area contributed by atoms with Crippen LogP contribution in [0.4, 0.5) is 0 Å². The Hall–Kier alpha value is -1.02. The van der Waals surface area contributed by atoms with E-state index in [0.717, 1.165) is 11.2 Å². The lowest BCUT2D eigenvalue weighted by Gasteiger charge is -2.03. The van der Waals surface area contributed by atoms with Crippen LogP contribution in [0.3, 0.4) is 0 Å². The van der Waals surface area contributed by atoms with E-state index >= 15 is 0 Å². The van der Waals surface area contributed by atoms with Crippen LogP contribution in [0.2, 0.25) is 0 Å². The van der Waals surface area contributed by atoms with Gasteiger partial charge in [0, 0.05) is 16.8 Å². The largest absolute Gasteiger partial charge is 0.253 e. The molecule has 65 valence electrons. The fourth-order valence-corrected chi connectivity index (χ4v) is 1.75. The molecule has 1 aromatic carbocycles. The Morgan fingerprint density at radius 3 is 2.85 bits per heavy atom. The molecule has 0 fully saturated rings. The Balaban J connectivity index is 2.81. The summed E-state index contributed by atoms with van der Waals surface area (Å²) >= 11 is 5.08. The molecule has 0 saturated carbocycles. The van der Waals surface area contributed by atoms with Crippen LogP contribution in [0.1, 0.15) is 11.3 Å². The fraction of sp³-hybridized carbons (Fsp3) is 0.182. The second-order valence-corrected chi connectivity index (χ2v) is 3.37. The molecule has 0 N–H and O–H groups in total. The van der Waals surface area contributed by atoms with Gasteiger partial charge in [-0.1, -0.05) is 30.8 Å². The maximum atomic E-state index is 5.08. The van der Waals surface area contributed by atoms with Crippen LogP contribution < -0.4 is 0 Å². The highest BCUT2D eigenvalue weighted by atomic mass is 32.1.